The quantitative estimate of drug-likeness (QED) is 0.457. The van der Waals surface area contributed by atoms with Crippen LogP contribution in [0, 0.1) is 5.41 Å². The number of hydrogen-bond acceptors (Lipinski definition) is 7. The summed E-state index contributed by atoms with van der Waals surface area (Å²) in [6, 6.07) is 5.69. The molecule has 1 aliphatic carbocycles. The molecule has 9 heteroatoms. The highest BCUT2D eigenvalue weighted by Gasteiger charge is 2.57. The normalized spacial score (nSPS) is 30.8. The van der Waals surface area contributed by atoms with Crippen LogP contribution in [0.25, 0.3) is 16.7 Å². The zero-order chi connectivity index (χ0) is 21.2. The Morgan fingerprint density at radius 1 is 1.13 bits per heavy atom. The Hall–Kier alpha value is -3.01. The maximum Gasteiger partial charge on any atom is 0.145 e. The van der Waals surface area contributed by atoms with E-state index in [2.05, 4.69) is 27.1 Å². The van der Waals surface area contributed by atoms with Gasteiger partial charge in [0.25, 0.3) is 0 Å². The van der Waals surface area contributed by atoms with Crippen molar-refractivity contribution >= 4 is 22.5 Å². The van der Waals surface area contributed by atoms with Crippen molar-refractivity contribution in [2.75, 3.05) is 12.3 Å². The summed E-state index contributed by atoms with van der Waals surface area (Å²) in [4.78, 5) is 12.7. The molecule has 2 fully saturated rings. The largest absolute Gasteiger partial charge is 0.390 e. The molecular weight excluding hydrogens is 396 g/mol. The molecule has 31 heavy (non-hydrogen) atoms. The van der Waals surface area contributed by atoms with Crippen LogP contribution in [0.4, 0.5) is 5.82 Å². The summed E-state index contributed by atoms with van der Waals surface area (Å²) < 4.78 is 10.0. The average molecular weight is 420 g/mol. The van der Waals surface area contributed by atoms with Gasteiger partial charge in [-0.2, -0.15) is 0 Å². The van der Waals surface area contributed by atoms with Crippen molar-refractivity contribution in [3.8, 4) is 0 Å². The summed E-state index contributed by atoms with van der Waals surface area (Å²) in [5.74, 6) is 0.408. The van der Waals surface area contributed by atoms with E-state index in [0.717, 1.165) is 23.0 Å². The van der Waals surface area contributed by atoms with Crippen molar-refractivity contribution in [1.82, 2.24) is 23.9 Å². The second-order valence-corrected chi connectivity index (χ2v) is 8.86. The van der Waals surface area contributed by atoms with Crippen molar-refractivity contribution in [3.05, 3.63) is 54.9 Å². The van der Waals surface area contributed by atoms with Gasteiger partial charge in [0.1, 0.15) is 29.5 Å². The number of imidazole rings is 1. The maximum atomic E-state index is 11.0. The number of nitrogens with two attached hydrogens (primary N) is 1. The molecule has 5 unspecified atom stereocenters. The van der Waals surface area contributed by atoms with E-state index in [4.69, 9.17) is 10.5 Å². The van der Waals surface area contributed by atoms with Crippen LogP contribution in [-0.2, 0) is 11.2 Å². The van der Waals surface area contributed by atoms with E-state index in [-0.39, 0.29) is 12.1 Å². The van der Waals surface area contributed by atoms with Crippen LogP contribution in [0.1, 0.15) is 24.4 Å². The molecule has 1 saturated carbocycles. The van der Waals surface area contributed by atoms with E-state index in [9.17, 15) is 10.2 Å². The molecule has 0 aromatic carbocycles. The first-order valence-electron chi connectivity index (χ1n) is 10.5. The second-order valence-electron chi connectivity index (χ2n) is 8.86. The Kier molecular flexibility index (Phi) is 4.08. The van der Waals surface area contributed by atoms with E-state index in [1.54, 1.807) is 6.20 Å². The Labute approximate surface area is 178 Å². The Balaban J connectivity index is 1.24. The minimum atomic E-state index is -0.907. The highest BCUT2D eigenvalue weighted by Crippen LogP contribution is 2.52. The molecule has 4 aromatic heterocycles. The summed E-state index contributed by atoms with van der Waals surface area (Å²) in [6.45, 7) is 0.425. The first kappa shape index (κ1) is 18.7. The third kappa shape index (κ3) is 2.84. The lowest BCUT2D eigenvalue weighted by atomic mass is 9.80. The molecule has 4 N–H and O–H groups in total. The summed E-state index contributed by atoms with van der Waals surface area (Å²) in [5.41, 5.74) is 8.20. The Morgan fingerprint density at radius 3 is 2.94 bits per heavy atom. The number of rotatable bonds is 3. The topological polar surface area (TPSA) is 124 Å². The van der Waals surface area contributed by atoms with Gasteiger partial charge in [0.2, 0.25) is 0 Å². The fourth-order valence-corrected chi connectivity index (χ4v) is 5.43. The number of fused-ring (bicyclic) bond motifs is 2. The van der Waals surface area contributed by atoms with E-state index < -0.39 is 17.6 Å². The lowest BCUT2D eigenvalue weighted by Gasteiger charge is -2.26. The van der Waals surface area contributed by atoms with Crippen LogP contribution in [0.3, 0.4) is 0 Å². The molecule has 1 spiro atoms. The Bertz CT molecular complexity index is 1270. The standard InChI is InChI=1S/C22H24N6O3/c23-20-15-2-5-28(21(15)26-12-25-20)16-10-22(19(30)18(16)29)9-14(31-11-22)7-13-1-4-27-6-3-24-17(27)8-13/h1-6,8,12,14,16,18-19,29-30H,7,9-11H2,(H2,23,25,26). The van der Waals surface area contributed by atoms with Crippen LogP contribution < -0.4 is 5.73 Å². The highest BCUT2D eigenvalue weighted by molar-refractivity contribution is 5.86. The number of hydrogen-bond donors (Lipinski definition) is 3. The molecule has 5 atom stereocenters. The van der Waals surface area contributed by atoms with Crippen molar-refractivity contribution in [2.24, 2.45) is 5.41 Å². The number of aliphatic hydroxyl groups excluding tert-OH is 2. The van der Waals surface area contributed by atoms with Gasteiger partial charge in [0.15, 0.2) is 0 Å². The molecule has 1 saturated heterocycles. The van der Waals surface area contributed by atoms with Gasteiger partial charge >= 0.3 is 0 Å². The Morgan fingerprint density at radius 2 is 2.03 bits per heavy atom. The van der Waals surface area contributed by atoms with E-state index in [1.807, 2.05) is 33.6 Å². The summed E-state index contributed by atoms with van der Waals surface area (Å²) in [6.07, 6.45) is 9.24. The maximum absolute atomic E-state index is 11.0. The van der Waals surface area contributed by atoms with Gasteiger partial charge in [0, 0.05) is 30.2 Å². The number of aliphatic hydroxyl groups is 2. The lowest BCUT2D eigenvalue weighted by Crippen LogP contribution is -2.37. The van der Waals surface area contributed by atoms with Crippen molar-refractivity contribution in [1.29, 1.82) is 0 Å². The van der Waals surface area contributed by atoms with Crippen LogP contribution in [-0.4, -0.2) is 59.1 Å². The number of pyridine rings is 1. The zero-order valence-electron chi connectivity index (χ0n) is 16.9. The number of aromatic nitrogens is 5. The molecule has 5 heterocycles. The first-order chi connectivity index (χ1) is 15.0. The molecule has 0 amide bonds. The number of anilines is 1. The minimum Gasteiger partial charge on any atom is -0.390 e. The predicted molar refractivity (Wildman–Crippen MR) is 113 cm³/mol. The van der Waals surface area contributed by atoms with Gasteiger partial charge in [0.05, 0.1) is 30.2 Å². The third-order valence-electron chi connectivity index (χ3n) is 7.02. The molecule has 2 aliphatic rings. The summed E-state index contributed by atoms with van der Waals surface area (Å²) in [5, 5.41) is 22.7. The minimum absolute atomic E-state index is 0.0163. The predicted octanol–water partition coefficient (Wildman–Crippen LogP) is 1.35. The molecule has 6 rings (SSSR count). The van der Waals surface area contributed by atoms with E-state index >= 15 is 0 Å². The molecule has 4 aromatic rings. The van der Waals surface area contributed by atoms with Gasteiger partial charge in [-0.1, -0.05) is 0 Å². The number of nitrogen functional groups attached to an aromatic ring is 1. The fourth-order valence-electron chi connectivity index (χ4n) is 5.43. The molecule has 0 bridgehead atoms. The van der Waals surface area contributed by atoms with Crippen LogP contribution >= 0.6 is 0 Å². The van der Waals surface area contributed by atoms with Crippen LogP contribution in [0.15, 0.2) is 49.3 Å². The molecular formula is C22H24N6O3. The molecule has 160 valence electrons. The highest BCUT2D eigenvalue weighted by atomic mass is 16.5. The van der Waals surface area contributed by atoms with Gasteiger partial charge in [-0.05, 0) is 43.0 Å². The lowest BCUT2D eigenvalue weighted by molar-refractivity contribution is -0.0308. The van der Waals surface area contributed by atoms with Gasteiger partial charge in [-0.3, -0.25) is 0 Å². The van der Waals surface area contributed by atoms with Gasteiger partial charge in [-0.15, -0.1) is 0 Å². The number of ether oxygens (including phenoxy) is 1. The monoisotopic (exact) mass is 420 g/mol. The van der Waals surface area contributed by atoms with E-state index in [1.165, 1.54) is 6.33 Å². The molecule has 1 aliphatic heterocycles. The van der Waals surface area contributed by atoms with E-state index in [0.29, 0.717) is 30.9 Å². The van der Waals surface area contributed by atoms with Crippen LogP contribution in [0.5, 0.6) is 0 Å². The number of nitrogens with zero attached hydrogens (tertiary/aromatic N) is 5. The van der Waals surface area contributed by atoms with Crippen molar-refractivity contribution in [2.45, 2.75) is 43.6 Å². The zero-order valence-corrected chi connectivity index (χ0v) is 16.9. The third-order valence-corrected chi connectivity index (χ3v) is 7.02. The summed E-state index contributed by atoms with van der Waals surface area (Å²) in [7, 11) is 0. The molecule has 9 nitrogen and oxygen atoms in total. The van der Waals surface area contributed by atoms with Crippen molar-refractivity contribution < 1.29 is 14.9 Å². The van der Waals surface area contributed by atoms with Gasteiger partial charge < -0.3 is 29.7 Å². The molecule has 0 radical (unpaired) electrons. The average Bonchev–Trinajstić information content (AvgIpc) is 3.53. The second kappa shape index (κ2) is 6.74. The summed E-state index contributed by atoms with van der Waals surface area (Å²) >= 11 is 0. The van der Waals surface area contributed by atoms with Crippen molar-refractivity contribution in [3.63, 3.8) is 0 Å². The van der Waals surface area contributed by atoms with Gasteiger partial charge in [-0.25, -0.2) is 15.0 Å². The fraction of sp³-hybridized carbons (Fsp3) is 0.409. The van der Waals surface area contributed by atoms with Crippen LogP contribution in [0.2, 0.25) is 0 Å². The SMILES string of the molecule is Nc1ncnc2c1ccn2C1CC2(COC(Cc3ccn4ccnc4c3)C2)C(O)C1O. The first-order valence-corrected chi connectivity index (χ1v) is 10.5. The smallest absolute Gasteiger partial charge is 0.145 e.